The van der Waals surface area contributed by atoms with E-state index in [1.807, 2.05) is 0 Å². The second-order valence-corrected chi connectivity index (χ2v) is 2.84. The Hall–Kier alpha value is -1.04. The Morgan fingerprint density at radius 1 is 1.18 bits per heavy atom. The van der Waals surface area contributed by atoms with E-state index in [4.69, 9.17) is 0 Å². The summed E-state index contributed by atoms with van der Waals surface area (Å²) >= 11 is 0. The zero-order valence-corrected chi connectivity index (χ0v) is 6.67. The summed E-state index contributed by atoms with van der Waals surface area (Å²) in [7, 11) is 0. The number of hydrogen-bond acceptors (Lipinski definition) is 0. The maximum absolute atomic E-state index is 2.26. The van der Waals surface area contributed by atoms with E-state index in [1.165, 1.54) is 16.7 Å². The first kappa shape index (κ1) is 6.66. The molecular formula is C11H11. The van der Waals surface area contributed by atoms with Crippen LogP contribution in [-0.4, -0.2) is 0 Å². The lowest BCUT2D eigenvalue weighted by Crippen LogP contribution is -1.83. The van der Waals surface area contributed by atoms with E-state index in [0.717, 1.165) is 6.42 Å². The van der Waals surface area contributed by atoms with Crippen LogP contribution < -0.4 is 0 Å². The molecule has 55 valence electrons. The Kier molecular flexibility index (Phi) is 1.54. The molecule has 0 nitrogen and oxygen atoms in total. The molecule has 0 heteroatoms. The van der Waals surface area contributed by atoms with Gasteiger partial charge >= 0.3 is 0 Å². The molecule has 0 spiro atoms. The fraction of sp³-hybridized carbons (Fsp3) is 0.182. The largest absolute Gasteiger partial charge is 0.0755 e. The van der Waals surface area contributed by atoms with Crippen molar-refractivity contribution in [2.45, 2.75) is 13.3 Å². The average Bonchev–Trinajstić information content (AvgIpc) is 2.50. The molecule has 0 saturated heterocycles. The van der Waals surface area contributed by atoms with Gasteiger partial charge in [-0.2, -0.15) is 0 Å². The van der Waals surface area contributed by atoms with Gasteiger partial charge in [-0.3, -0.25) is 0 Å². The Bertz CT molecular complexity index is 295. The van der Waals surface area contributed by atoms with Crippen LogP contribution in [0.2, 0.25) is 0 Å². The highest BCUT2D eigenvalue weighted by atomic mass is 14.1. The maximum Gasteiger partial charge on any atom is 0.0131 e. The first-order valence-corrected chi connectivity index (χ1v) is 4.04. The zero-order chi connectivity index (χ0) is 7.68. The third-order valence-corrected chi connectivity index (χ3v) is 2.11. The molecule has 0 heterocycles. The monoisotopic (exact) mass is 143 g/mol. The van der Waals surface area contributed by atoms with Crippen LogP contribution in [0.3, 0.4) is 0 Å². The highest BCUT2D eigenvalue weighted by Gasteiger charge is 2.03. The molecule has 1 aliphatic carbocycles. The Labute approximate surface area is 67.6 Å². The summed E-state index contributed by atoms with van der Waals surface area (Å²) in [5.74, 6) is 0. The molecule has 0 aromatic heterocycles. The van der Waals surface area contributed by atoms with Crippen molar-refractivity contribution in [2.24, 2.45) is 0 Å². The molecule has 1 aliphatic rings. The molecule has 2 rings (SSSR count). The normalized spacial score (nSPS) is 13.5. The van der Waals surface area contributed by atoms with Crippen molar-refractivity contribution in [3.63, 3.8) is 0 Å². The highest BCUT2D eigenvalue weighted by Crippen LogP contribution is 2.21. The lowest BCUT2D eigenvalue weighted by atomic mass is 10.1. The Balaban J connectivity index is 2.47. The van der Waals surface area contributed by atoms with E-state index in [0.29, 0.717) is 0 Å². The molecule has 11 heavy (non-hydrogen) atoms. The fourth-order valence-corrected chi connectivity index (χ4v) is 1.40. The van der Waals surface area contributed by atoms with Crippen molar-refractivity contribution in [1.29, 1.82) is 0 Å². The Morgan fingerprint density at radius 3 is 2.91 bits per heavy atom. The van der Waals surface area contributed by atoms with Crippen LogP contribution in [-0.2, 0) is 6.42 Å². The molecule has 0 saturated carbocycles. The molecule has 0 N–H and O–H groups in total. The SMILES string of the molecule is CCc1ccc2c(c1)C=C[CH]2. The predicted molar refractivity (Wildman–Crippen MR) is 48.3 cm³/mol. The second-order valence-electron chi connectivity index (χ2n) is 2.84. The van der Waals surface area contributed by atoms with Gasteiger partial charge in [0.1, 0.15) is 0 Å². The third kappa shape index (κ3) is 1.09. The van der Waals surface area contributed by atoms with E-state index in [1.54, 1.807) is 0 Å². The molecule has 0 bridgehead atoms. The lowest BCUT2D eigenvalue weighted by Gasteiger charge is -2.00. The number of rotatable bonds is 1. The van der Waals surface area contributed by atoms with Gasteiger partial charge in [0.05, 0.1) is 0 Å². The van der Waals surface area contributed by atoms with Gasteiger partial charge in [0.25, 0.3) is 0 Å². The topological polar surface area (TPSA) is 0 Å². The van der Waals surface area contributed by atoms with Crippen LogP contribution in [0.15, 0.2) is 24.3 Å². The van der Waals surface area contributed by atoms with E-state index < -0.39 is 0 Å². The van der Waals surface area contributed by atoms with Gasteiger partial charge < -0.3 is 0 Å². The molecule has 0 unspecified atom stereocenters. The molecule has 1 aromatic carbocycles. The van der Waals surface area contributed by atoms with E-state index in [2.05, 4.69) is 43.7 Å². The Morgan fingerprint density at radius 2 is 2.09 bits per heavy atom. The van der Waals surface area contributed by atoms with Crippen molar-refractivity contribution >= 4 is 6.08 Å². The molecule has 1 radical (unpaired) electrons. The smallest absolute Gasteiger partial charge is 0.0131 e. The minimum Gasteiger partial charge on any atom is -0.0755 e. The summed E-state index contributed by atoms with van der Waals surface area (Å²) in [6.07, 6.45) is 7.54. The predicted octanol–water partition coefficient (Wildman–Crippen LogP) is 2.83. The van der Waals surface area contributed by atoms with Gasteiger partial charge in [-0.15, -0.1) is 0 Å². The van der Waals surface area contributed by atoms with Gasteiger partial charge in [-0.05, 0) is 23.1 Å². The van der Waals surface area contributed by atoms with Crippen molar-refractivity contribution in [2.75, 3.05) is 0 Å². The number of benzene rings is 1. The van der Waals surface area contributed by atoms with Gasteiger partial charge in [0.15, 0.2) is 0 Å². The molecule has 1 aromatic rings. The maximum atomic E-state index is 2.26. The van der Waals surface area contributed by atoms with E-state index >= 15 is 0 Å². The van der Waals surface area contributed by atoms with Crippen LogP contribution in [0.4, 0.5) is 0 Å². The summed E-state index contributed by atoms with van der Waals surface area (Å²) in [6, 6.07) is 6.64. The summed E-state index contributed by atoms with van der Waals surface area (Å²) < 4.78 is 0. The van der Waals surface area contributed by atoms with Crippen molar-refractivity contribution in [3.8, 4) is 0 Å². The van der Waals surface area contributed by atoms with Gasteiger partial charge in [0, 0.05) is 6.42 Å². The minimum absolute atomic E-state index is 1.13. The minimum atomic E-state index is 1.13. The molecule has 0 aliphatic heterocycles. The van der Waals surface area contributed by atoms with E-state index in [-0.39, 0.29) is 0 Å². The highest BCUT2D eigenvalue weighted by molar-refractivity contribution is 5.65. The lowest BCUT2D eigenvalue weighted by molar-refractivity contribution is 1.14. The number of allylic oxidation sites excluding steroid dienone is 1. The first-order valence-electron chi connectivity index (χ1n) is 4.04. The molecule has 0 fully saturated rings. The summed E-state index contributed by atoms with van der Waals surface area (Å²) in [5.41, 5.74) is 4.13. The van der Waals surface area contributed by atoms with Crippen molar-refractivity contribution in [1.82, 2.24) is 0 Å². The number of fused-ring (bicyclic) bond motifs is 1. The van der Waals surface area contributed by atoms with Crippen LogP contribution >= 0.6 is 0 Å². The average molecular weight is 143 g/mol. The second kappa shape index (κ2) is 2.54. The van der Waals surface area contributed by atoms with Crippen LogP contribution in [0, 0.1) is 6.42 Å². The van der Waals surface area contributed by atoms with Crippen LogP contribution in [0.25, 0.3) is 6.08 Å². The van der Waals surface area contributed by atoms with Gasteiger partial charge in [-0.25, -0.2) is 0 Å². The fourth-order valence-electron chi connectivity index (χ4n) is 1.40. The quantitative estimate of drug-likeness (QED) is 0.567. The molecule has 0 amide bonds. The third-order valence-electron chi connectivity index (χ3n) is 2.11. The van der Waals surface area contributed by atoms with Crippen LogP contribution in [0.1, 0.15) is 23.6 Å². The number of aryl methyl sites for hydroxylation is 1. The van der Waals surface area contributed by atoms with Gasteiger partial charge in [-0.1, -0.05) is 37.3 Å². The standard InChI is InChI=1S/C11H11/c1-2-9-6-7-10-4-3-5-11(10)8-9/h3-8H,2H2,1H3. The van der Waals surface area contributed by atoms with Gasteiger partial charge in [0.2, 0.25) is 0 Å². The van der Waals surface area contributed by atoms with Crippen molar-refractivity contribution < 1.29 is 0 Å². The van der Waals surface area contributed by atoms with Crippen LogP contribution in [0.5, 0.6) is 0 Å². The summed E-state index contributed by atoms with van der Waals surface area (Å²) in [4.78, 5) is 0. The zero-order valence-electron chi connectivity index (χ0n) is 6.67. The summed E-state index contributed by atoms with van der Waals surface area (Å²) in [5, 5.41) is 0. The number of hydrogen-bond donors (Lipinski definition) is 0. The first-order chi connectivity index (χ1) is 5.40. The molecule has 0 atom stereocenters. The van der Waals surface area contributed by atoms with E-state index in [9.17, 15) is 0 Å². The molecular weight excluding hydrogens is 132 g/mol. The summed E-state index contributed by atoms with van der Waals surface area (Å²) in [6.45, 7) is 2.18. The van der Waals surface area contributed by atoms with Crippen molar-refractivity contribution in [3.05, 3.63) is 47.4 Å².